The molecule has 0 saturated heterocycles. The number of nitrogens with one attached hydrogen (secondary N) is 1. The fourth-order valence-electron chi connectivity index (χ4n) is 0.847. The van der Waals surface area contributed by atoms with E-state index in [2.05, 4.69) is 15.5 Å². The minimum absolute atomic E-state index is 0. The number of hydrogen-bond acceptors (Lipinski definition) is 2. The number of nitrogens with two attached hydrogens (primary N) is 1. The van der Waals surface area contributed by atoms with Gasteiger partial charge in [0.2, 0.25) is 5.96 Å². The topological polar surface area (TPSA) is 62.8 Å². The van der Waals surface area contributed by atoms with Gasteiger partial charge in [-0.25, -0.2) is 5.43 Å². The molecule has 0 heterocycles. The van der Waals surface area contributed by atoms with Gasteiger partial charge >= 0.3 is 0 Å². The number of aliphatic imine (C=N–C) groups is 1. The van der Waals surface area contributed by atoms with E-state index in [1.165, 1.54) is 6.21 Å². The second-order valence-electron chi connectivity index (χ2n) is 2.61. The number of guanidine groups is 1. The number of rotatable bonds is 2. The van der Waals surface area contributed by atoms with E-state index < -0.39 is 0 Å². The SMILES string of the molecule is C/N=C(\N)N/N=C/c1c(Cl)cccc1Cl.I. The first-order chi connectivity index (χ1) is 7.15. The summed E-state index contributed by atoms with van der Waals surface area (Å²) in [5.74, 6) is 0.217. The van der Waals surface area contributed by atoms with E-state index in [-0.39, 0.29) is 29.9 Å². The summed E-state index contributed by atoms with van der Waals surface area (Å²) in [5, 5.41) is 4.89. The van der Waals surface area contributed by atoms with Crippen LogP contribution in [-0.4, -0.2) is 19.2 Å². The summed E-state index contributed by atoms with van der Waals surface area (Å²) < 4.78 is 0. The Bertz CT molecular complexity index is 386. The van der Waals surface area contributed by atoms with Crippen LogP contribution in [0.15, 0.2) is 28.3 Å². The number of nitrogens with zero attached hydrogens (tertiary/aromatic N) is 2. The quantitative estimate of drug-likeness (QED) is 0.362. The molecular formula is C9H11Cl2IN4. The van der Waals surface area contributed by atoms with Crippen molar-refractivity contribution in [2.75, 3.05) is 7.05 Å². The second-order valence-corrected chi connectivity index (χ2v) is 3.43. The average Bonchev–Trinajstić information content (AvgIpc) is 2.22. The first-order valence-electron chi connectivity index (χ1n) is 4.10. The van der Waals surface area contributed by atoms with E-state index in [4.69, 9.17) is 28.9 Å². The van der Waals surface area contributed by atoms with Gasteiger partial charge in [-0.05, 0) is 12.1 Å². The fourth-order valence-corrected chi connectivity index (χ4v) is 1.34. The molecule has 0 atom stereocenters. The molecule has 0 saturated carbocycles. The molecule has 7 heteroatoms. The van der Waals surface area contributed by atoms with Crippen LogP contribution in [0.25, 0.3) is 0 Å². The van der Waals surface area contributed by atoms with Crippen molar-refractivity contribution in [3.05, 3.63) is 33.8 Å². The summed E-state index contributed by atoms with van der Waals surface area (Å²) in [4.78, 5) is 3.67. The summed E-state index contributed by atoms with van der Waals surface area (Å²) in [6.45, 7) is 0. The lowest BCUT2D eigenvalue weighted by molar-refractivity contribution is 1.01. The number of benzene rings is 1. The Morgan fingerprint density at radius 3 is 2.44 bits per heavy atom. The predicted molar refractivity (Wildman–Crippen MR) is 80.2 cm³/mol. The van der Waals surface area contributed by atoms with Crippen LogP contribution in [0.1, 0.15) is 5.56 Å². The molecule has 0 spiro atoms. The smallest absolute Gasteiger partial charge is 0.209 e. The molecule has 0 fully saturated rings. The highest BCUT2D eigenvalue weighted by molar-refractivity contribution is 14.0. The molecule has 0 aliphatic rings. The summed E-state index contributed by atoms with van der Waals surface area (Å²) >= 11 is 11.8. The highest BCUT2D eigenvalue weighted by Crippen LogP contribution is 2.21. The molecule has 1 aromatic carbocycles. The number of hydrazone groups is 1. The molecule has 0 aromatic heterocycles. The first-order valence-corrected chi connectivity index (χ1v) is 4.86. The van der Waals surface area contributed by atoms with Crippen molar-refractivity contribution in [1.29, 1.82) is 0 Å². The zero-order valence-electron chi connectivity index (χ0n) is 8.45. The lowest BCUT2D eigenvalue weighted by atomic mass is 10.2. The van der Waals surface area contributed by atoms with Gasteiger partial charge in [0, 0.05) is 12.6 Å². The normalized spacial score (nSPS) is 11.3. The molecule has 0 aliphatic carbocycles. The average molecular weight is 373 g/mol. The van der Waals surface area contributed by atoms with Gasteiger partial charge in [-0.3, -0.25) is 4.99 Å². The first kappa shape index (κ1) is 15.5. The fraction of sp³-hybridized carbons (Fsp3) is 0.111. The largest absolute Gasteiger partial charge is 0.369 e. The Kier molecular flexibility index (Phi) is 7.44. The van der Waals surface area contributed by atoms with Gasteiger partial charge in [0.15, 0.2) is 0 Å². The standard InChI is InChI=1S/C9H10Cl2N4.HI/c1-13-9(12)15-14-5-6-7(10)3-2-4-8(6)11;/h2-5H,1H3,(H3,12,13,15);1H/b14-5+;. The number of hydrogen-bond donors (Lipinski definition) is 2. The monoisotopic (exact) mass is 372 g/mol. The zero-order valence-corrected chi connectivity index (χ0v) is 12.3. The maximum Gasteiger partial charge on any atom is 0.209 e. The van der Waals surface area contributed by atoms with Crippen LogP contribution in [0.2, 0.25) is 10.0 Å². The maximum atomic E-state index is 5.91. The Morgan fingerprint density at radius 2 is 1.94 bits per heavy atom. The van der Waals surface area contributed by atoms with Crippen LogP contribution >= 0.6 is 47.2 Å². The second kappa shape index (κ2) is 7.70. The van der Waals surface area contributed by atoms with Crippen molar-refractivity contribution in [1.82, 2.24) is 5.43 Å². The van der Waals surface area contributed by atoms with Gasteiger partial charge in [0.05, 0.1) is 16.3 Å². The Balaban J connectivity index is 0.00000225. The van der Waals surface area contributed by atoms with Crippen LogP contribution in [-0.2, 0) is 0 Å². The molecule has 0 aliphatic heterocycles. The highest BCUT2D eigenvalue weighted by Gasteiger charge is 2.01. The molecule has 1 rings (SSSR count). The lowest BCUT2D eigenvalue weighted by Gasteiger charge is -2.00. The van der Waals surface area contributed by atoms with Gasteiger partial charge < -0.3 is 5.73 Å². The molecule has 0 amide bonds. The van der Waals surface area contributed by atoms with Crippen molar-refractivity contribution in [3.8, 4) is 0 Å². The molecule has 0 radical (unpaired) electrons. The van der Waals surface area contributed by atoms with Gasteiger partial charge in [0.1, 0.15) is 0 Å². The van der Waals surface area contributed by atoms with E-state index in [1.54, 1.807) is 25.2 Å². The molecule has 4 nitrogen and oxygen atoms in total. The van der Waals surface area contributed by atoms with Crippen molar-refractivity contribution in [2.24, 2.45) is 15.8 Å². The van der Waals surface area contributed by atoms with Crippen LogP contribution < -0.4 is 11.2 Å². The molecule has 1 aromatic rings. The van der Waals surface area contributed by atoms with Crippen LogP contribution in [0, 0.1) is 0 Å². The molecule has 0 bridgehead atoms. The van der Waals surface area contributed by atoms with E-state index in [0.717, 1.165) is 0 Å². The summed E-state index contributed by atoms with van der Waals surface area (Å²) in [7, 11) is 1.56. The van der Waals surface area contributed by atoms with Crippen LogP contribution in [0.3, 0.4) is 0 Å². The van der Waals surface area contributed by atoms with Crippen molar-refractivity contribution >= 4 is 59.4 Å². The third-order valence-corrected chi connectivity index (χ3v) is 2.27. The summed E-state index contributed by atoms with van der Waals surface area (Å²) in [6, 6.07) is 5.22. The summed E-state index contributed by atoms with van der Waals surface area (Å²) in [5.41, 5.74) is 8.52. The minimum Gasteiger partial charge on any atom is -0.369 e. The molecule has 16 heavy (non-hydrogen) atoms. The van der Waals surface area contributed by atoms with Crippen LogP contribution in [0.4, 0.5) is 0 Å². The molecule has 0 unspecified atom stereocenters. The van der Waals surface area contributed by atoms with Crippen molar-refractivity contribution < 1.29 is 0 Å². The molecular weight excluding hydrogens is 362 g/mol. The van der Waals surface area contributed by atoms with Gasteiger partial charge in [0.25, 0.3) is 0 Å². The molecule has 3 N–H and O–H groups in total. The van der Waals surface area contributed by atoms with Crippen molar-refractivity contribution in [2.45, 2.75) is 0 Å². The van der Waals surface area contributed by atoms with E-state index in [0.29, 0.717) is 15.6 Å². The highest BCUT2D eigenvalue weighted by atomic mass is 127. The van der Waals surface area contributed by atoms with Crippen molar-refractivity contribution in [3.63, 3.8) is 0 Å². The lowest BCUT2D eigenvalue weighted by Crippen LogP contribution is -2.26. The van der Waals surface area contributed by atoms with Crippen LogP contribution in [0.5, 0.6) is 0 Å². The Labute approximate surface area is 121 Å². The van der Waals surface area contributed by atoms with E-state index >= 15 is 0 Å². The maximum absolute atomic E-state index is 5.91. The number of halogens is 3. The Hall–Kier alpha value is -0.530. The Morgan fingerprint density at radius 1 is 1.38 bits per heavy atom. The third-order valence-electron chi connectivity index (χ3n) is 1.61. The van der Waals surface area contributed by atoms with Gasteiger partial charge in [-0.1, -0.05) is 29.3 Å². The van der Waals surface area contributed by atoms with Gasteiger partial charge in [-0.15, -0.1) is 24.0 Å². The predicted octanol–water partition coefficient (Wildman–Crippen LogP) is 2.48. The van der Waals surface area contributed by atoms with E-state index in [9.17, 15) is 0 Å². The minimum atomic E-state index is 0. The zero-order chi connectivity index (χ0) is 11.3. The van der Waals surface area contributed by atoms with E-state index in [1.807, 2.05) is 0 Å². The van der Waals surface area contributed by atoms with Gasteiger partial charge in [-0.2, -0.15) is 5.10 Å². The summed E-state index contributed by atoms with van der Waals surface area (Å²) in [6.07, 6.45) is 1.49. The molecule has 88 valence electrons. The third kappa shape index (κ3) is 4.54.